The molecule has 2 aromatic rings. The third-order valence-electron chi connectivity index (χ3n) is 3.00. The van der Waals surface area contributed by atoms with Crippen molar-refractivity contribution in [2.45, 2.75) is 5.08 Å². The summed E-state index contributed by atoms with van der Waals surface area (Å²) in [6, 6.07) is 12.3. The third-order valence-corrected chi connectivity index (χ3v) is 7.65. The van der Waals surface area contributed by atoms with Crippen molar-refractivity contribution in [3.8, 4) is 5.75 Å². The van der Waals surface area contributed by atoms with E-state index in [0.717, 1.165) is 12.1 Å². The second-order valence-electron chi connectivity index (χ2n) is 4.61. The van der Waals surface area contributed by atoms with Crippen LogP contribution in [-0.4, -0.2) is 19.8 Å². The van der Waals surface area contributed by atoms with Crippen LogP contribution in [0.4, 0.5) is 0 Å². The lowest BCUT2D eigenvalue weighted by atomic mass is 10.2. The van der Waals surface area contributed by atoms with Gasteiger partial charge in [0.05, 0.1) is 0 Å². The molecule has 7 nitrogen and oxygen atoms in total. The van der Waals surface area contributed by atoms with E-state index in [9.17, 15) is 28.9 Å². The number of hydrogen-bond acceptors (Lipinski definition) is 4. The molecule has 0 saturated carbocycles. The Labute approximate surface area is 140 Å². The van der Waals surface area contributed by atoms with Crippen LogP contribution in [-0.2, 0) is 14.2 Å². The van der Waals surface area contributed by atoms with Crippen LogP contribution in [0.25, 0.3) is 0 Å². The highest BCUT2D eigenvalue weighted by Gasteiger charge is 2.63. The van der Waals surface area contributed by atoms with Gasteiger partial charge in [-0.1, -0.05) is 46.3 Å². The Morgan fingerprint density at radius 3 is 1.91 bits per heavy atom. The Morgan fingerprint density at radius 1 is 0.913 bits per heavy atom. The molecule has 10 heteroatoms. The van der Waals surface area contributed by atoms with Crippen LogP contribution in [0, 0.1) is 0 Å². The zero-order chi connectivity index (χ0) is 17.3. The number of halogens is 1. The van der Waals surface area contributed by atoms with E-state index in [-0.39, 0.29) is 5.75 Å². The van der Waals surface area contributed by atoms with Crippen molar-refractivity contribution in [3.05, 3.63) is 64.6 Å². The summed E-state index contributed by atoms with van der Waals surface area (Å²) in [6.45, 7) is 0. The fourth-order valence-electron chi connectivity index (χ4n) is 1.86. The molecule has 0 fully saturated rings. The van der Waals surface area contributed by atoms with Gasteiger partial charge in [0.2, 0.25) is 0 Å². The first-order valence-electron chi connectivity index (χ1n) is 6.19. The lowest BCUT2D eigenvalue weighted by Crippen LogP contribution is -2.28. The molecule has 4 N–H and O–H groups in total. The van der Waals surface area contributed by atoms with Crippen molar-refractivity contribution >= 4 is 31.1 Å². The van der Waals surface area contributed by atoms with Gasteiger partial charge in [-0.2, -0.15) is 0 Å². The van der Waals surface area contributed by atoms with Gasteiger partial charge >= 0.3 is 20.3 Å². The van der Waals surface area contributed by atoms with Crippen LogP contribution >= 0.6 is 31.1 Å². The molecule has 0 spiro atoms. The Balaban J connectivity index is 2.56. The van der Waals surface area contributed by atoms with Crippen molar-refractivity contribution in [3.63, 3.8) is 0 Å². The van der Waals surface area contributed by atoms with Gasteiger partial charge in [-0.05, 0) is 24.3 Å². The topological polar surface area (TPSA) is 124 Å². The maximum absolute atomic E-state index is 12.5. The summed E-state index contributed by atoms with van der Waals surface area (Å²) in [5, 5.41) is 7.09. The first kappa shape index (κ1) is 18.4. The fraction of sp³-hybridized carbons (Fsp3) is 0.0769. The molecule has 124 valence electrons. The standard InChI is InChI=1S/C13H13BrO7P2/c14-11-8-6-10(7-9-11)13(15,22(16,17)18)23(19,20)21-12-4-2-1-3-5-12/h1-9,15H,(H,19,20)(H2,16,17,18). The zero-order valence-corrected chi connectivity index (χ0v) is 14.9. The molecule has 2 unspecified atom stereocenters. The summed E-state index contributed by atoms with van der Waals surface area (Å²) in [5.41, 5.74) is -0.434. The predicted molar refractivity (Wildman–Crippen MR) is 87.0 cm³/mol. The van der Waals surface area contributed by atoms with Crippen LogP contribution in [0.15, 0.2) is 59.1 Å². The van der Waals surface area contributed by atoms with E-state index in [1.165, 1.54) is 36.4 Å². The highest BCUT2D eigenvalue weighted by atomic mass is 79.9. The molecule has 0 bridgehead atoms. The number of rotatable bonds is 5. The number of benzene rings is 2. The average molecular weight is 423 g/mol. The van der Waals surface area contributed by atoms with Gasteiger partial charge in [0.15, 0.2) is 0 Å². The normalized spacial score (nSPS) is 17.1. The lowest BCUT2D eigenvalue weighted by Gasteiger charge is -2.32. The van der Waals surface area contributed by atoms with Crippen LogP contribution in [0.2, 0.25) is 0 Å². The van der Waals surface area contributed by atoms with Gasteiger partial charge in [0.25, 0.3) is 0 Å². The molecule has 0 amide bonds. The minimum Gasteiger partial charge on any atom is -0.422 e. The van der Waals surface area contributed by atoms with Gasteiger partial charge in [-0.15, -0.1) is 0 Å². The van der Waals surface area contributed by atoms with Crippen LogP contribution in [0.5, 0.6) is 5.75 Å². The molecular weight excluding hydrogens is 410 g/mol. The average Bonchev–Trinajstić information content (AvgIpc) is 2.46. The van der Waals surface area contributed by atoms with E-state index < -0.39 is 25.8 Å². The van der Waals surface area contributed by atoms with E-state index >= 15 is 0 Å². The van der Waals surface area contributed by atoms with Crippen LogP contribution < -0.4 is 4.52 Å². The van der Waals surface area contributed by atoms with Crippen molar-refractivity contribution in [2.24, 2.45) is 0 Å². The summed E-state index contributed by atoms with van der Waals surface area (Å²) >= 11 is 3.13. The number of aliphatic hydroxyl groups is 1. The van der Waals surface area contributed by atoms with Crippen molar-refractivity contribution in [1.82, 2.24) is 0 Å². The van der Waals surface area contributed by atoms with Gasteiger partial charge in [-0.3, -0.25) is 4.57 Å². The van der Waals surface area contributed by atoms with E-state index in [1.54, 1.807) is 6.07 Å². The first-order chi connectivity index (χ1) is 10.6. The highest BCUT2D eigenvalue weighted by molar-refractivity contribution is 9.10. The summed E-state index contributed by atoms with van der Waals surface area (Å²) in [5.74, 6) is -0.109. The Bertz CT molecular complexity index is 775. The molecule has 2 atom stereocenters. The molecule has 2 rings (SSSR count). The molecular formula is C13H13BrO7P2. The van der Waals surface area contributed by atoms with E-state index in [1.807, 2.05) is 0 Å². The molecule has 0 aliphatic carbocycles. The molecule has 0 aliphatic rings. The van der Waals surface area contributed by atoms with E-state index in [2.05, 4.69) is 15.9 Å². The van der Waals surface area contributed by atoms with E-state index in [0.29, 0.717) is 4.47 Å². The second-order valence-corrected chi connectivity index (χ2v) is 9.49. The summed E-state index contributed by atoms with van der Waals surface area (Å²) in [4.78, 5) is 29.1. The smallest absolute Gasteiger partial charge is 0.422 e. The minimum absolute atomic E-state index is 0.109. The van der Waals surface area contributed by atoms with Crippen molar-refractivity contribution < 1.29 is 33.4 Å². The summed E-state index contributed by atoms with van der Waals surface area (Å²) in [7, 11) is -10.7. The number of para-hydroxylation sites is 1. The SMILES string of the molecule is O=P(O)(O)C(O)(c1ccc(Br)cc1)P(=O)(O)Oc1ccccc1. The maximum atomic E-state index is 12.5. The summed E-state index contributed by atoms with van der Waals surface area (Å²) < 4.78 is 29.7. The Kier molecular flexibility index (Phi) is 5.18. The summed E-state index contributed by atoms with van der Waals surface area (Å²) in [6.07, 6.45) is 0. The molecule has 23 heavy (non-hydrogen) atoms. The molecule has 0 aliphatic heterocycles. The molecule has 2 aromatic carbocycles. The predicted octanol–water partition coefficient (Wildman–Crippen LogP) is 2.99. The highest BCUT2D eigenvalue weighted by Crippen LogP contribution is 2.74. The molecule has 0 radical (unpaired) electrons. The van der Waals surface area contributed by atoms with Crippen molar-refractivity contribution in [1.29, 1.82) is 0 Å². The Hall–Kier alpha value is -0.980. The third kappa shape index (κ3) is 3.59. The molecule has 0 heterocycles. The fourth-order valence-corrected chi connectivity index (χ4v) is 5.06. The minimum atomic E-state index is -5.48. The largest absolute Gasteiger partial charge is 0.425 e. The van der Waals surface area contributed by atoms with E-state index in [4.69, 9.17) is 4.52 Å². The maximum Gasteiger partial charge on any atom is 0.425 e. The van der Waals surface area contributed by atoms with Gasteiger partial charge in [0, 0.05) is 10.0 Å². The van der Waals surface area contributed by atoms with Gasteiger partial charge < -0.3 is 24.3 Å². The van der Waals surface area contributed by atoms with Gasteiger partial charge in [-0.25, -0.2) is 4.57 Å². The zero-order valence-electron chi connectivity index (χ0n) is 11.5. The first-order valence-corrected chi connectivity index (χ1v) is 10.2. The lowest BCUT2D eigenvalue weighted by molar-refractivity contribution is 0.133. The van der Waals surface area contributed by atoms with Crippen LogP contribution in [0.1, 0.15) is 5.56 Å². The molecule has 0 aromatic heterocycles. The Morgan fingerprint density at radius 2 is 1.43 bits per heavy atom. The van der Waals surface area contributed by atoms with Crippen LogP contribution in [0.3, 0.4) is 0 Å². The second kappa shape index (κ2) is 6.49. The monoisotopic (exact) mass is 422 g/mol. The van der Waals surface area contributed by atoms with Crippen molar-refractivity contribution in [2.75, 3.05) is 0 Å². The molecule has 0 saturated heterocycles. The quantitative estimate of drug-likeness (QED) is 0.545. The van der Waals surface area contributed by atoms with Gasteiger partial charge in [0.1, 0.15) is 5.75 Å². The number of hydrogen-bond donors (Lipinski definition) is 4.